The molecule has 5 nitrogen and oxygen atoms in total. The van der Waals surface area contributed by atoms with Gasteiger partial charge < -0.3 is 10.1 Å². The molecule has 1 aromatic rings. The summed E-state index contributed by atoms with van der Waals surface area (Å²) in [5, 5.41) is 3.29. The number of rotatable bonds is 5. The van der Waals surface area contributed by atoms with Crippen LogP contribution in [0, 0.1) is 0 Å². The zero-order valence-corrected chi connectivity index (χ0v) is 12.7. The lowest BCUT2D eigenvalue weighted by atomic mass is 9.92. The van der Waals surface area contributed by atoms with E-state index < -0.39 is 10.0 Å². The largest absolute Gasteiger partial charge is 0.489 e. The highest BCUT2D eigenvalue weighted by atomic mass is 32.2. The van der Waals surface area contributed by atoms with Crippen LogP contribution >= 0.6 is 0 Å². The second-order valence-electron chi connectivity index (χ2n) is 5.01. The number of nitrogens with one attached hydrogen (secondary N) is 2. The molecule has 0 radical (unpaired) electrons. The molecule has 1 fully saturated rings. The fourth-order valence-electron chi connectivity index (χ4n) is 2.56. The molecule has 0 bridgehead atoms. The number of ether oxygens (including phenoxy) is 1. The normalized spacial score (nSPS) is 23.5. The summed E-state index contributed by atoms with van der Waals surface area (Å²) in [6.45, 7) is 0. The van der Waals surface area contributed by atoms with E-state index in [0.29, 0.717) is 11.8 Å². The van der Waals surface area contributed by atoms with Crippen molar-refractivity contribution >= 4 is 10.0 Å². The SMILES string of the molecule is CNC1CCCCC1Oc1ccc(S(=O)(=O)NC)cc1. The molecule has 1 aromatic carbocycles. The molecule has 2 atom stereocenters. The van der Waals surface area contributed by atoms with E-state index in [1.54, 1.807) is 24.3 Å². The Balaban J connectivity index is 2.07. The second kappa shape index (κ2) is 6.56. The van der Waals surface area contributed by atoms with Gasteiger partial charge in [0.15, 0.2) is 0 Å². The maximum atomic E-state index is 11.6. The highest BCUT2D eigenvalue weighted by Crippen LogP contribution is 2.24. The van der Waals surface area contributed by atoms with Gasteiger partial charge in [-0.1, -0.05) is 6.42 Å². The van der Waals surface area contributed by atoms with Crippen LogP contribution in [-0.4, -0.2) is 34.7 Å². The number of likely N-dealkylation sites (N-methyl/N-ethyl adjacent to an activating group) is 1. The Labute approximate surface area is 120 Å². The molecular weight excluding hydrogens is 276 g/mol. The van der Waals surface area contributed by atoms with Gasteiger partial charge in [0.2, 0.25) is 10.0 Å². The van der Waals surface area contributed by atoms with Gasteiger partial charge in [-0.3, -0.25) is 0 Å². The van der Waals surface area contributed by atoms with E-state index in [0.717, 1.165) is 12.8 Å². The van der Waals surface area contributed by atoms with Gasteiger partial charge in [0, 0.05) is 6.04 Å². The minimum atomic E-state index is -3.38. The van der Waals surface area contributed by atoms with Crippen LogP contribution in [0.25, 0.3) is 0 Å². The van der Waals surface area contributed by atoms with Gasteiger partial charge in [-0.2, -0.15) is 0 Å². The summed E-state index contributed by atoms with van der Waals surface area (Å²) >= 11 is 0. The molecule has 1 aliphatic rings. The van der Waals surface area contributed by atoms with Crippen LogP contribution in [0.15, 0.2) is 29.2 Å². The maximum absolute atomic E-state index is 11.6. The van der Waals surface area contributed by atoms with Gasteiger partial charge in [-0.25, -0.2) is 13.1 Å². The van der Waals surface area contributed by atoms with E-state index in [1.807, 2.05) is 7.05 Å². The molecule has 1 aliphatic carbocycles. The Morgan fingerprint density at radius 2 is 1.75 bits per heavy atom. The zero-order valence-electron chi connectivity index (χ0n) is 11.9. The minimum absolute atomic E-state index is 0.153. The lowest BCUT2D eigenvalue weighted by Crippen LogP contribution is -2.43. The molecule has 0 heterocycles. The van der Waals surface area contributed by atoms with Crippen molar-refractivity contribution in [1.29, 1.82) is 0 Å². The molecule has 2 N–H and O–H groups in total. The fraction of sp³-hybridized carbons (Fsp3) is 0.571. The average molecular weight is 298 g/mol. The summed E-state index contributed by atoms with van der Waals surface area (Å²) in [5.74, 6) is 0.715. The summed E-state index contributed by atoms with van der Waals surface area (Å²) in [7, 11) is -0.0260. The molecule has 0 aliphatic heterocycles. The number of sulfonamides is 1. The highest BCUT2D eigenvalue weighted by Gasteiger charge is 2.25. The number of hydrogen-bond acceptors (Lipinski definition) is 4. The smallest absolute Gasteiger partial charge is 0.240 e. The predicted molar refractivity (Wildman–Crippen MR) is 78.4 cm³/mol. The summed E-state index contributed by atoms with van der Waals surface area (Å²) in [6, 6.07) is 6.93. The van der Waals surface area contributed by atoms with E-state index in [9.17, 15) is 8.42 Å². The standard InChI is InChI=1S/C14H22N2O3S/c1-15-13-5-3-4-6-14(13)19-11-7-9-12(10-8-11)20(17,18)16-2/h7-10,13-16H,3-6H2,1-2H3. The van der Waals surface area contributed by atoms with Crippen molar-refractivity contribution < 1.29 is 13.2 Å². The van der Waals surface area contributed by atoms with Crippen LogP contribution in [0.5, 0.6) is 5.75 Å². The highest BCUT2D eigenvalue weighted by molar-refractivity contribution is 7.89. The molecular formula is C14H22N2O3S. The van der Waals surface area contributed by atoms with Crippen molar-refractivity contribution in [2.24, 2.45) is 0 Å². The van der Waals surface area contributed by atoms with E-state index >= 15 is 0 Å². The molecule has 112 valence electrons. The fourth-order valence-corrected chi connectivity index (χ4v) is 3.29. The van der Waals surface area contributed by atoms with Crippen molar-refractivity contribution in [3.8, 4) is 5.75 Å². The molecule has 0 saturated heterocycles. The summed E-state index contributed by atoms with van der Waals surface area (Å²) in [4.78, 5) is 0.251. The number of benzene rings is 1. The first-order chi connectivity index (χ1) is 9.56. The summed E-state index contributed by atoms with van der Waals surface area (Å²) < 4.78 is 31.6. The molecule has 0 aromatic heterocycles. The Morgan fingerprint density at radius 1 is 1.10 bits per heavy atom. The van der Waals surface area contributed by atoms with E-state index in [4.69, 9.17) is 4.74 Å². The molecule has 0 spiro atoms. The van der Waals surface area contributed by atoms with Gasteiger partial charge >= 0.3 is 0 Å². The van der Waals surface area contributed by atoms with Crippen molar-refractivity contribution in [2.75, 3.05) is 14.1 Å². The minimum Gasteiger partial charge on any atom is -0.489 e. The van der Waals surface area contributed by atoms with Crippen molar-refractivity contribution in [2.45, 2.75) is 42.7 Å². The topological polar surface area (TPSA) is 67.4 Å². The van der Waals surface area contributed by atoms with Crippen LogP contribution in [0.4, 0.5) is 0 Å². The van der Waals surface area contributed by atoms with Crippen LogP contribution < -0.4 is 14.8 Å². The van der Waals surface area contributed by atoms with Crippen LogP contribution in [-0.2, 0) is 10.0 Å². The molecule has 0 amide bonds. The third-order valence-corrected chi connectivity index (χ3v) is 5.19. The zero-order chi connectivity index (χ0) is 14.6. The Kier molecular flexibility index (Phi) is 5.01. The summed E-state index contributed by atoms with van der Waals surface area (Å²) in [5.41, 5.74) is 0. The van der Waals surface area contributed by atoms with Gasteiger partial charge in [0.1, 0.15) is 11.9 Å². The van der Waals surface area contributed by atoms with Gasteiger partial charge in [0.05, 0.1) is 4.90 Å². The van der Waals surface area contributed by atoms with Crippen molar-refractivity contribution in [1.82, 2.24) is 10.0 Å². The first-order valence-electron chi connectivity index (χ1n) is 6.94. The maximum Gasteiger partial charge on any atom is 0.240 e. The lowest BCUT2D eigenvalue weighted by molar-refractivity contribution is 0.118. The van der Waals surface area contributed by atoms with Crippen LogP contribution in [0.1, 0.15) is 25.7 Å². The third-order valence-electron chi connectivity index (χ3n) is 3.76. The molecule has 2 rings (SSSR count). The van der Waals surface area contributed by atoms with Crippen molar-refractivity contribution in [3.63, 3.8) is 0 Å². The first kappa shape index (κ1) is 15.3. The predicted octanol–water partition coefficient (Wildman–Crippen LogP) is 1.50. The molecule has 6 heteroatoms. The monoisotopic (exact) mass is 298 g/mol. The van der Waals surface area contributed by atoms with Crippen molar-refractivity contribution in [3.05, 3.63) is 24.3 Å². The van der Waals surface area contributed by atoms with Gasteiger partial charge in [-0.15, -0.1) is 0 Å². The molecule has 20 heavy (non-hydrogen) atoms. The quantitative estimate of drug-likeness (QED) is 0.864. The molecule has 2 unspecified atom stereocenters. The van der Waals surface area contributed by atoms with E-state index in [2.05, 4.69) is 10.0 Å². The lowest BCUT2D eigenvalue weighted by Gasteiger charge is -2.31. The number of hydrogen-bond donors (Lipinski definition) is 2. The van der Waals surface area contributed by atoms with Crippen LogP contribution in [0.3, 0.4) is 0 Å². The summed E-state index contributed by atoms with van der Waals surface area (Å²) in [6.07, 6.45) is 4.70. The van der Waals surface area contributed by atoms with Gasteiger partial charge in [0.25, 0.3) is 0 Å². The van der Waals surface area contributed by atoms with E-state index in [-0.39, 0.29) is 11.0 Å². The van der Waals surface area contributed by atoms with Crippen LogP contribution in [0.2, 0.25) is 0 Å². The van der Waals surface area contributed by atoms with E-state index in [1.165, 1.54) is 19.9 Å². The Hall–Kier alpha value is -1.11. The average Bonchev–Trinajstić information content (AvgIpc) is 2.48. The Bertz CT molecular complexity index is 528. The Morgan fingerprint density at radius 3 is 2.35 bits per heavy atom. The van der Waals surface area contributed by atoms with Gasteiger partial charge in [-0.05, 0) is 57.6 Å². The molecule has 1 saturated carbocycles. The second-order valence-corrected chi connectivity index (χ2v) is 6.90. The third kappa shape index (κ3) is 3.50. The first-order valence-corrected chi connectivity index (χ1v) is 8.42.